The van der Waals surface area contributed by atoms with Crippen LogP contribution in [0.15, 0.2) is 36.5 Å². The second-order valence-electron chi connectivity index (χ2n) is 6.09. The summed E-state index contributed by atoms with van der Waals surface area (Å²) >= 11 is 0. The maximum Gasteiger partial charge on any atom is 0.270 e. The number of nitrogens with zero attached hydrogens (tertiary/aromatic N) is 2. The van der Waals surface area contributed by atoms with E-state index in [2.05, 4.69) is 39.8 Å². The molecule has 25 heavy (non-hydrogen) atoms. The maximum atomic E-state index is 12.1. The number of anilines is 3. The summed E-state index contributed by atoms with van der Waals surface area (Å²) in [7, 11) is 0. The van der Waals surface area contributed by atoms with E-state index in [1.165, 1.54) is 13.1 Å². The Kier molecular flexibility index (Phi) is 6.45. The van der Waals surface area contributed by atoms with Gasteiger partial charge in [-0.05, 0) is 36.6 Å². The molecule has 132 valence electrons. The lowest BCUT2D eigenvalue weighted by Gasteiger charge is -2.09. The average Bonchev–Trinajstić information content (AvgIpc) is 2.54. The summed E-state index contributed by atoms with van der Waals surface area (Å²) in [5, 5.41) is 8.59. The molecule has 0 aliphatic heterocycles. The Hall–Kier alpha value is -2.96. The van der Waals surface area contributed by atoms with Gasteiger partial charge in [-0.15, -0.1) is 0 Å². The van der Waals surface area contributed by atoms with Gasteiger partial charge in [-0.1, -0.05) is 19.9 Å². The molecule has 2 amide bonds. The van der Waals surface area contributed by atoms with E-state index in [0.717, 1.165) is 6.42 Å². The van der Waals surface area contributed by atoms with Crippen LogP contribution in [-0.4, -0.2) is 28.3 Å². The number of hydrogen-bond donors (Lipinski definition) is 3. The summed E-state index contributed by atoms with van der Waals surface area (Å²) in [4.78, 5) is 31.6. The Morgan fingerprint density at radius 3 is 2.64 bits per heavy atom. The van der Waals surface area contributed by atoms with Gasteiger partial charge in [0.15, 0.2) is 0 Å². The maximum absolute atomic E-state index is 12.1. The van der Waals surface area contributed by atoms with Crippen LogP contribution in [-0.2, 0) is 4.79 Å². The van der Waals surface area contributed by atoms with Crippen molar-refractivity contribution < 1.29 is 9.59 Å². The van der Waals surface area contributed by atoms with Crippen molar-refractivity contribution in [2.75, 3.05) is 17.2 Å². The average molecular weight is 341 g/mol. The fraction of sp³-hybridized carbons (Fsp3) is 0.333. The molecule has 0 atom stereocenters. The SMILES string of the molecule is CC(=O)Nc1cccc(Nc2nccc(C(=O)NCCC(C)C)n2)c1. The molecule has 0 saturated heterocycles. The largest absolute Gasteiger partial charge is 0.351 e. The highest BCUT2D eigenvalue weighted by molar-refractivity contribution is 5.92. The van der Waals surface area contributed by atoms with Crippen LogP contribution < -0.4 is 16.0 Å². The van der Waals surface area contributed by atoms with Crippen LogP contribution in [0.3, 0.4) is 0 Å². The molecular formula is C18H23N5O2. The van der Waals surface area contributed by atoms with E-state index in [1.54, 1.807) is 24.3 Å². The van der Waals surface area contributed by atoms with E-state index >= 15 is 0 Å². The first-order valence-electron chi connectivity index (χ1n) is 8.20. The lowest BCUT2D eigenvalue weighted by atomic mass is 10.1. The van der Waals surface area contributed by atoms with Gasteiger partial charge >= 0.3 is 0 Å². The summed E-state index contributed by atoms with van der Waals surface area (Å²) in [6.45, 7) is 6.27. The summed E-state index contributed by atoms with van der Waals surface area (Å²) in [6.07, 6.45) is 2.45. The smallest absolute Gasteiger partial charge is 0.270 e. The fourth-order valence-electron chi connectivity index (χ4n) is 2.12. The summed E-state index contributed by atoms with van der Waals surface area (Å²) in [6, 6.07) is 8.75. The second kappa shape index (κ2) is 8.77. The molecule has 0 saturated carbocycles. The Morgan fingerprint density at radius 1 is 1.16 bits per heavy atom. The van der Waals surface area contributed by atoms with Gasteiger partial charge in [-0.3, -0.25) is 9.59 Å². The minimum Gasteiger partial charge on any atom is -0.351 e. The van der Waals surface area contributed by atoms with Crippen LogP contribution in [0.25, 0.3) is 0 Å². The lowest BCUT2D eigenvalue weighted by Crippen LogP contribution is -2.26. The molecule has 0 unspecified atom stereocenters. The van der Waals surface area contributed by atoms with Crippen molar-refractivity contribution in [1.82, 2.24) is 15.3 Å². The van der Waals surface area contributed by atoms with Crippen LogP contribution in [0.2, 0.25) is 0 Å². The third-order valence-electron chi connectivity index (χ3n) is 3.33. The van der Waals surface area contributed by atoms with Crippen molar-refractivity contribution in [3.8, 4) is 0 Å². The zero-order valence-electron chi connectivity index (χ0n) is 14.7. The van der Waals surface area contributed by atoms with Gasteiger partial charge in [-0.2, -0.15) is 0 Å². The molecular weight excluding hydrogens is 318 g/mol. The zero-order chi connectivity index (χ0) is 18.2. The van der Waals surface area contributed by atoms with E-state index in [0.29, 0.717) is 35.5 Å². The summed E-state index contributed by atoms with van der Waals surface area (Å²) in [5.74, 6) is 0.474. The molecule has 0 aliphatic carbocycles. The van der Waals surface area contributed by atoms with Gasteiger partial charge in [-0.25, -0.2) is 9.97 Å². The molecule has 0 fully saturated rings. The predicted octanol–water partition coefficient (Wildman–Crippen LogP) is 2.95. The minimum atomic E-state index is -0.224. The van der Waals surface area contributed by atoms with Crippen LogP contribution in [0.1, 0.15) is 37.7 Å². The Bertz CT molecular complexity index is 746. The van der Waals surface area contributed by atoms with Crippen molar-refractivity contribution in [2.24, 2.45) is 5.92 Å². The first kappa shape index (κ1) is 18.4. The van der Waals surface area contributed by atoms with Crippen LogP contribution in [0, 0.1) is 5.92 Å². The molecule has 3 N–H and O–H groups in total. The fourth-order valence-corrected chi connectivity index (χ4v) is 2.12. The number of hydrogen-bond acceptors (Lipinski definition) is 5. The third-order valence-corrected chi connectivity index (χ3v) is 3.33. The molecule has 0 bridgehead atoms. The van der Waals surface area contributed by atoms with E-state index in [-0.39, 0.29) is 11.8 Å². The predicted molar refractivity (Wildman–Crippen MR) is 97.8 cm³/mol. The van der Waals surface area contributed by atoms with E-state index in [4.69, 9.17) is 0 Å². The van der Waals surface area contributed by atoms with Crippen LogP contribution in [0.4, 0.5) is 17.3 Å². The lowest BCUT2D eigenvalue weighted by molar-refractivity contribution is -0.114. The molecule has 0 spiro atoms. The number of carbonyl (C=O) groups is 2. The Morgan fingerprint density at radius 2 is 1.92 bits per heavy atom. The highest BCUT2D eigenvalue weighted by Crippen LogP contribution is 2.18. The molecule has 7 nitrogen and oxygen atoms in total. The molecule has 1 aromatic heterocycles. The normalized spacial score (nSPS) is 10.4. The van der Waals surface area contributed by atoms with Gasteiger partial charge in [0.05, 0.1) is 0 Å². The third kappa shape index (κ3) is 6.21. The first-order chi connectivity index (χ1) is 11.9. The van der Waals surface area contributed by atoms with E-state index in [1.807, 2.05) is 6.07 Å². The van der Waals surface area contributed by atoms with Gasteiger partial charge in [0, 0.05) is 31.0 Å². The first-order valence-corrected chi connectivity index (χ1v) is 8.20. The number of amides is 2. The summed E-state index contributed by atoms with van der Waals surface area (Å²) in [5.41, 5.74) is 1.68. The Balaban J connectivity index is 2.03. The summed E-state index contributed by atoms with van der Waals surface area (Å²) < 4.78 is 0. The van der Waals surface area contributed by atoms with E-state index < -0.39 is 0 Å². The van der Waals surface area contributed by atoms with E-state index in [9.17, 15) is 9.59 Å². The second-order valence-corrected chi connectivity index (χ2v) is 6.09. The number of aromatic nitrogens is 2. The Labute approximate surface area is 147 Å². The van der Waals surface area contributed by atoms with Crippen molar-refractivity contribution in [3.05, 3.63) is 42.2 Å². The molecule has 0 aliphatic rings. The highest BCUT2D eigenvalue weighted by Gasteiger charge is 2.09. The van der Waals surface area contributed by atoms with Crippen molar-refractivity contribution in [3.63, 3.8) is 0 Å². The standard InChI is InChI=1S/C18H23N5O2/c1-12(2)7-9-19-17(25)16-8-10-20-18(23-16)22-15-6-4-5-14(11-15)21-13(3)24/h4-6,8,10-12H,7,9H2,1-3H3,(H,19,25)(H,21,24)(H,20,22,23). The quantitative estimate of drug-likeness (QED) is 0.719. The van der Waals surface area contributed by atoms with Crippen LogP contribution >= 0.6 is 0 Å². The highest BCUT2D eigenvalue weighted by atomic mass is 16.2. The van der Waals surface area contributed by atoms with Gasteiger partial charge in [0.2, 0.25) is 11.9 Å². The van der Waals surface area contributed by atoms with Crippen molar-refractivity contribution in [2.45, 2.75) is 27.2 Å². The van der Waals surface area contributed by atoms with Crippen molar-refractivity contribution in [1.29, 1.82) is 0 Å². The number of nitrogens with one attached hydrogen (secondary N) is 3. The molecule has 0 radical (unpaired) electrons. The van der Waals surface area contributed by atoms with Crippen LogP contribution in [0.5, 0.6) is 0 Å². The topological polar surface area (TPSA) is 96.0 Å². The molecule has 1 heterocycles. The monoisotopic (exact) mass is 341 g/mol. The number of benzene rings is 1. The number of rotatable bonds is 7. The van der Waals surface area contributed by atoms with Crippen molar-refractivity contribution >= 4 is 29.1 Å². The van der Waals surface area contributed by atoms with Gasteiger partial charge < -0.3 is 16.0 Å². The number of carbonyl (C=O) groups excluding carboxylic acids is 2. The van der Waals surface area contributed by atoms with Gasteiger partial charge in [0.25, 0.3) is 5.91 Å². The molecule has 2 rings (SSSR count). The zero-order valence-corrected chi connectivity index (χ0v) is 14.7. The van der Waals surface area contributed by atoms with Gasteiger partial charge in [0.1, 0.15) is 5.69 Å². The molecule has 2 aromatic rings. The molecule has 1 aromatic carbocycles. The molecule has 7 heteroatoms. The minimum absolute atomic E-state index is 0.145.